The third kappa shape index (κ3) is 3.59. The summed E-state index contributed by atoms with van der Waals surface area (Å²) >= 11 is 0. The van der Waals surface area contributed by atoms with Crippen molar-refractivity contribution in [1.82, 2.24) is 5.32 Å². The van der Waals surface area contributed by atoms with Crippen LogP contribution in [0.1, 0.15) is 26.7 Å². The molecule has 0 spiro atoms. The molecule has 6 nitrogen and oxygen atoms in total. The Labute approximate surface area is 101 Å². The maximum absolute atomic E-state index is 11.7. The molecule has 1 aliphatic heterocycles. The average molecular weight is 243 g/mol. The molecule has 1 fully saturated rings. The van der Waals surface area contributed by atoms with Crippen LogP contribution >= 0.6 is 0 Å². The van der Waals surface area contributed by atoms with E-state index in [1.165, 1.54) is 0 Å². The van der Waals surface area contributed by atoms with Gasteiger partial charge in [-0.3, -0.25) is 4.79 Å². The predicted molar refractivity (Wildman–Crippen MR) is 63.7 cm³/mol. The number of amides is 1. The minimum absolute atomic E-state index is 0.0720. The average Bonchev–Trinajstić information content (AvgIpc) is 2.81. The fourth-order valence-corrected chi connectivity index (χ4v) is 1.98. The molecule has 3 atom stereocenters. The third-order valence-electron chi connectivity index (χ3n) is 3.24. The fraction of sp³-hybridized carbons (Fsp3) is 0.818. The number of nitrogens with one attached hydrogen (secondary N) is 1. The number of rotatable bonds is 5. The molecule has 0 aromatic carbocycles. The third-order valence-corrected chi connectivity index (χ3v) is 3.24. The molecule has 4 N–H and O–H groups in total. The van der Waals surface area contributed by atoms with Gasteiger partial charge in [0.1, 0.15) is 0 Å². The van der Waals surface area contributed by atoms with E-state index in [9.17, 15) is 4.79 Å². The van der Waals surface area contributed by atoms with Crippen molar-refractivity contribution in [3.05, 3.63) is 0 Å². The molecule has 1 rings (SSSR count). The minimum Gasteiger partial charge on any atom is -0.409 e. The van der Waals surface area contributed by atoms with Gasteiger partial charge in [0.25, 0.3) is 0 Å². The van der Waals surface area contributed by atoms with Gasteiger partial charge in [0.15, 0.2) is 5.84 Å². The highest BCUT2D eigenvalue weighted by molar-refractivity contribution is 6.01. The molecule has 0 aromatic heterocycles. The summed E-state index contributed by atoms with van der Waals surface area (Å²) in [5, 5.41) is 14.1. The van der Waals surface area contributed by atoms with Gasteiger partial charge in [0.2, 0.25) is 5.91 Å². The normalized spacial score (nSPS) is 26.8. The van der Waals surface area contributed by atoms with Gasteiger partial charge >= 0.3 is 0 Å². The Kier molecular flexibility index (Phi) is 5.21. The van der Waals surface area contributed by atoms with Crippen LogP contribution in [0, 0.1) is 11.8 Å². The number of oxime groups is 1. The monoisotopic (exact) mass is 243 g/mol. The smallest absolute Gasteiger partial charge is 0.230 e. The second-order valence-corrected chi connectivity index (χ2v) is 4.36. The lowest BCUT2D eigenvalue weighted by Gasteiger charge is -2.18. The minimum atomic E-state index is -0.609. The number of nitrogens with zero attached hydrogens (tertiary/aromatic N) is 1. The Morgan fingerprint density at radius 1 is 1.71 bits per heavy atom. The van der Waals surface area contributed by atoms with E-state index in [2.05, 4.69) is 17.4 Å². The maximum Gasteiger partial charge on any atom is 0.230 e. The first-order valence-electron chi connectivity index (χ1n) is 5.96. The molecular weight excluding hydrogens is 222 g/mol. The van der Waals surface area contributed by atoms with Gasteiger partial charge in [-0.15, -0.1) is 0 Å². The van der Waals surface area contributed by atoms with E-state index in [0.717, 1.165) is 19.4 Å². The van der Waals surface area contributed by atoms with Gasteiger partial charge in [-0.2, -0.15) is 0 Å². The van der Waals surface area contributed by atoms with Gasteiger partial charge in [-0.05, 0) is 19.8 Å². The number of ether oxygens (including phenoxy) is 1. The highest BCUT2D eigenvalue weighted by atomic mass is 16.5. The number of hydrogen-bond acceptors (Lipinski definition) is 4. The van der Waals surface area contributed by atoms with Crippen molar-refractivity contribution < 1.29 is 14.7 Å². The van der Waals surface area contributed by atoms with Gasteiger partial charge in [0.05, 0.1) is 12.0 Å². The molecule has 1 aliphatic rings. The van der Waals surface area contributed by atoms with Gasteiger partial charge < -0.3 is 21.0 Å². The molecule has 1 amide bonds. The predicted octanol–water partition coefficient (Wildman–Crippen LogP) is 0.300. The fourth-order valence-electron chi connectivity index (χ4n) is 1.98. The lowest BCUT2D eigenvalue weighted by atomic mass is 9.99. The van der Waals surface area contributed by atoms with Gasteiger partial charge in [-0.1, -0.05) is 12.1 Å². The zero-order valence-corrected chi connectivity index (χ0v) is 10.3. The number of carbonyl (C=O) groups excluding carboxylic acids is 1. The molecule has 0 aromatic rings. The summed E-state index contributed by atoms with van der Waals surface area (Å²) in [6.07, 6.45) is 2.15. The van der Waals surface area contributed by atoms with Crippen molar-refractivity contribution in [2.24, 2.45) is 22.7 Å². The van der Waals surface area contributed by atoms with E-state index in [1.807, 2.05) is 0 Å². The second-order valence-electron chi connectivity index (χ2n) is 4.36. The molecule has 3 unspecified atom stereocenters. The summed E-state index contributed by atoms with van der Waals surface area (Å²) in [6, 6.07) is 0. The molecular formula is C11H21N3O3. The Morgan fingerprint density at radius 2 is 2.41 bits per heavy atom. The van der Waals surface area contributed by atoms with Crippen LogP contribution in [0.2, 0.25) is 0 Å². The molecule has 0 radical (unpaired) electrons. The largest absolute Gasteiger partial charge is 0.409 e. The first-order valence-corrected chi connectivity index (χ1v) is 5.96. The number of hydrogen-bond donors (Lipinski definition) is 3. The summed E-state index contributed by atoms with van der Waals surface area (Å²) in [7, 11) is 0. The van der Waals surface area contributed by atoms with E-state index < -0.39 is 5.92 Å². The van der Waals surface area contributed by atoms with Crippen LogP contribution in [0.3, 0.4) is 0 Å². The van der Waals surface area contributed by atoms with Crippen LogP contribution in [0.25, 0.3) is 0 Å². The van der Waals surface area contributed by atoms with Crippen LogP contribution < -0.4 is 11.1 Å². The first kappa shape index (κ1) is 13.8. The maximum atomic E-state index is 11.7. The molecule has 1 saturated heterocycles. The van der Waals surface area contributed by atoms with Gasteiger partial charge in [-0.25, -0.2) is 0 Å². The topological polar surface area (TPSA) is 96.9 Å². The van der Waals surface area contributed by atoms with Crippen LogP contribution in [-0.2, 0) is 9.53 Å². The molecule has 6 heteroatoms. The van der Waals surface area contributed by atoms with E-state index in [1.54, 1.807) is 6.92 Å². The van der Waals surface area contributed by atoms with Crippen LogP contribution in [0.5, 0.6) is 0 Å². The number of amidine groups is 1. The van der Waals surface area contributed by atoms with Crippen molar-refractivity contribution in [2.45, 2.75) is 32.8 Å². The molecule has 0 bridgehead atoms. The molecule has 98 valence electrons. The van der Waals surface area contributed by atoms with E-state index >= 15 is 0 Å². The number of carbonyl (C=O) groups is 1. The van der Waals surface area contributed by atoms with Crippen LogP contribution in [0.15, 0.2) is 5.16 Å². The van der Waals surface area contributed by atoms with Gasteiger partial charge in [0, 0.05) is 19.1 Å². The Morgan fingerprint density at radius 3 is 3.00 bits per heavy atom. The highest BCUT2D eigenvalue weighted by Crippen LogP contribution is 2.22. The van der Waals surface area contributed by atoms with Crippen molar-refractivity contribution in [3.63, 3.8) is 0 Å². The Balaban J connectivity index is 2.37. The molecule has 0 aliphatic carbocycles. The summed E-state index contributed by atoms with van der Waals surface area (Å²) in [6.45, 7) is 5.02. The second kappa shape index (κ2) is 6.44. The molecule has 0 saturated carbocycles. The highest BCUT2D eigenvalue weighted by Gasteiger charge is 2.27. The zero-order valence-electron chi connectivity index (χ0n) is 10.3. The lowest BCUT2D eigenvalue weighted by Crippen LogP contribution is -2.40. The summed E-state index contributed by atoms with van der Waals surface area (Å²) in [5.74, 6) is -0.537. The Hall–Kier alpha value is -1.30. The van der Waals surface area contributed by atoms with Crippen molar-refractivity contribution >= 4 is 11.7 Å². The van der Waals surface area contributed by atoms with Crippen LogP contribution in [-0.4, -0.2) is 36.2 Å². The first-order chi connectivity index (χ1) is 8.10. The standard InChI is InChI=1S/C11H21N3O3/c1-3-9-8(4-5-17-9)6-13-11(15)7(2)10(12)14-16/h7-9,16H,3-6H2,1-2H3,(H2,12,14)(H,13,15). The van der Waals surface area contributed by atoms with E-state index in [0.29, 0.717) is 12.5 Å². The molecule has 17 heavy (non-hydrogen) atoms. The summed E-state index contributed by atoms with van der Waals surface area (Å²) in [5.41, 5.74) is 5.37. The van der Waals surface area contributed by atoms with Crippen molar-refractivity contribution in [3.8, 4) is 0 Å². The zero-order chi connectivity index (χ0) is 12.8. The summed E-state index contributed by atoms with van der Waals surface area (Å²) in [4.78, 5) is 11.7. The summed E-state index contributed by atoms with van der Waals surface area (Å²) < 4.78 is 5.54. The SMILES string of the molecule is CCC1OCCC1CNC(=O)C(C)C(N)=NO. The van der Waals surface area contributed by atoms with Crippen LogP contribution in [0.4, 0.5) is 0 Å². The van der Waals surface area contributed by atoms with Crippen molar-refractivity contribution in [2.75, 3.05) is 13.2 Å². The quantitative estimate of drug-likeness (QED) is 0.280. The lowest BCUT2D eigenvalue weighted by molar-refractivity contribution is -0.122. The Bertz CT molecular complexity index is 294. The van der Waals surface area contributed by atoms with E-state index in [-0.39, 0.29) is 17.8 Å². The molecule has 1 heterocycles. The number of nitrogens with two attached hydrogens (primary N) is 1. The van der Waals surface area contributed by atoms with Crippen molar-refractivity contribution in [1.29, 1.82) is 0 Å². The van der Waals surface area contributed by atoms with E-state index in [4.69, 9.17) is 15.7 Å².